The van der Waals surface area contributed by atoms with Crippen molar-refractivity contribution in [3.63, 3.8) is 0 Å². The molecule has 0 unspecified atom stereocenters. The van der Waals surface area contributed by atoms with Gasteiger partial charge in [-0.25, -0.2) is 8.78 Å². The van der Waals surface area contributed by atoms with Gasteiger partial charge in [0.2, 0.25) is 0 Å². The van der Waals surface area contributed by atoms with Crippen molar-refractivity contribution in [2.75, 3.05) is 0 Å². The molecule has 0 spiro atoms. The Morgan fingerprint density at radius 1 is 0.652 bits per heavy atom. The summed E-state index contributed by atoms with van der Waals surface area (Å²) >= 11 is 0. The Kier molecular flexibility index (Phi) is 11.6. The molecule has 9 heteroatoms. The van der Waals surface area contributed by atoms with Gasteiger partial charge in [0, 0.05) is 0 Å². The molecule has 0 amide bonds. The zero-order valence-electron chi connectivity index (χ0n) is 26.7. The summed E-state index contributed by atoms with van der Waals surface area (Å²) in [7, 11) is 0. The van der Waals surface area contributed by atoms with E-state index >= 15 is 13.2 Å². The van der Waals surface area contributed by atoms with Gasteiger partial charge < -0.3 is 9.47 Å². The van der Waals surface area contributed by atoms with Gasteiger partial charge in [-0.1, -0.05) is 50.8 Å². The summed E-state index contributed by atoms with van der Waals surface area (Å²) < 4.78 is 106. The van der Waals surface area contributed by atoms with Crippen molar-refractivity contribution in [2.24, 2.45) is 11.8 Å². The van der Waals surface area contributed by atoms with Crippen LogP contribution in [0.1, 0.15) is 144 Å². The fourth-order valence-corrected chi connectivity index (χ4v) is 8.15. The number of benzene rings is 2. The van der Waals surface area contributed by atoms with Crippen LogP contribution in [0.25, 0.3) is 0 Å². The van der Waals surface area contributed by atoms with Crippen molar-refractivity contribution in [1.29, 1.82) is 0 Å². The number of unbranched alkanes of at least 4 members (excludes halogenated alkanes) is 2. The minimum atomic E-state index is -4.99. The normalized spacial score (nSPS) is 27.8. The van der Waals surface area contributed by atoms with Gasteiger partial charge in [0.15, 0.2) is 11.6 Å². The topological polar surface area (TPSA) is 18.5 Å². The highest BCUT2D eigenvalue weighted by molar-refractivity contribution is 5.32. The highest BCUT2D eigenvalue weighted by Crippen LogP contribution is 2.46. The van der Waals surface area contributed by atoms with Crippen LogP contribution in [0.5, 0.6) is 5.75 Å². The SMILES string of the molecule is CCCCCC1CCC(c2ccc(C3CCC(C(F)(F)OC4CCC(c5ccc(OC(F)(F)F)c(F)c5)CC4)CC3)c(F)c2)CC1. The van der Waals surface area contributed by atoms with Crippen molar-refractivity contribution >= 4 is 0 Å². The molecule has 5 rings (SSSR count). The summed E-state index contributed by atoms with van der Waals surface area (Å²) in [6.45, 7) is 2.23. The Morgan fingerprint density at radius 3 is 1.78 bits per heavy atom. The second kappa shape index (κ2) is 15.3. The summed E-state index contributed by atoms with van der Waals surface area (Å²) in [5, 5.41) is 0. The monoisotopic (exact) mass is 656 g/mol. The lowest BCUT2D eigenvalue weighted by molar-refractivity contribution is -0.300. The van der Waals surface area contributed by atoms with Gasteiger partial charge in [-0.05, 0) is 136 Å². The second-order valence-electron chi connectivity index (χ2n) is 13.9. The highest BCUT2D eigenvalue weighted by Gasteiger charge is 2.45. The van der Waals surface area contributed by atoms with Crippen LogP contribution >= 0.6 is 0 Å². The Labute approximate surface area is 268 Å². The first-order chi connectivity index (χ1) is 21.9. The minimum Gasteiger partial charge on any atom is -0.403 e. The third-order valence-electron chi connectivity index (χ3n) is 10.9. The number of hydrogen-bond donors (Lipinski definition) is 0. The zero-order chi connectivity index (χ0) is 32.9. The van der Waals surface area contributed by atoms with Crippen molar-refractivity contribution in [2.45, 2.75) is 146 Å². The maximum Gasteiger partial charge on any atom is 0.573 e. The maximum absolute atomic E-state index is 15.3. The number of ether oxygens (including phenoxy) is 2. The molecule has 0 N–H and O–H groups in total. The molecule has 2 aromatic carbocycles. The van der Waals surface area contributed by atoms with E-state index in [9.17, 15) is 17.6 Å². The van der Waals surface area contributed by atoms with Gasteiger partial charge in [0.05, 0.1) is 12.0 Å². The maximum atomic E-state index is 15.3. The van der Waals surface area contributed by atoms with Crippen LogP contribution in [-0.4, -0.2) is 18.6 Å². The summed E-state index contributed by atoms with van der Waals surface area (Å²) in [5.41, 5.74) is 2.21. The van der Waals surface area contributed by atoms with E-state index in [-0.39, 0.29) is 30.5 Å². The highest BCUT2D eigenvalue weighted by atomic mass is 19.4. The summed E-state index contributed by atoms with van der Waals surface area (Å²) in [6, 6.07) is 9.00. The molecule has 256 valence electrons. The second-order valence-corrected chi connectivity index (χ2v) is 13.9. The van der Waals surface area contributed by atoms with Gasteiger partial charge >= 0.3 is 12.5 Å². The Hall–Kier alpha value is -2.29. The van der Waals surface area contributed by atoms with Gasteiger partial charge in [-0.15, -0.1) is 13.2 Å². The lowest BCUT2D eigenvalue weighted by Gasteiger charge is -2.37. The van der Waals surface area contributed by atoms with E-state index in [0.29, 0.717) is 55.6 Å². The number of hydrogen-bond acceptors (Lipinski definition) is 2. The fraction of sp³-hybridized carbons (Fsp3) is 0.676. The van der Waals surface area contributed by atoms with E-state index < -0.39 is 36.1 Å². The Bertz CT molecular complexity index is 1250. The van der Waals surface area contributed by atoms with E-state index in [4.69, 9.17) is 4.74 Å². The molecule has 0 aliphatic heterocycles. The lowest BCUT2D eigenvalue weighted by Crippen LogP contribution is -2.38. The molecular formula is C37H47F7O2. The summed E-state index contributed by atoms with van der Waals surface area (Å²) in [5.74, 6) is -2.22. The van der Waals surface area contributed by atoms with E-state index in [1.165, 1.54) is 44.6 Å². The smallest absolute Gasteiger partial charge is 0.403 e. The molecule has 0 heterocycles. The van der Waals surface area contributed by atoms with Crippen molar-refractivity contribution < 1.29 is 40.2 Å². The number of rotatable bonds is 11. The minimum absolute atomic E-state index is 0.0841. The fourth-order valence-electron chi connectivity index (χ4n) is 8.15. The van der Waals surface area contributed by atoms with Gasteiger partial charge in [-0.3, -0.25) is 0 Å². The molecule has 3 aliphatic rings. The first kappa shape index (κ1) is 35.0. The van der Waals surface area contributed by atoms with Crippen LogP contribution in [0.2, 0.25) is 0 Å². The molecule has 46 heavy (non-hydrogen) atoms. The van der Waals surface area contributed by atoms with Crippen LogP contribution in [0, 0.1) is 23.5 Å². The predicted molar refractivity (Wildman–Crippen MR) is 164 cm³/mol. The third-order valence-corrected chi connectivity index (χ3v) is 10.9. The summed E-state index contributed by atoms with van der Waals surface area (Å²) in [4.78, 5) is 0. The predicted octanol–water partition coefficient (Wildman–Crippen LogP) is 12.3. The lowest BCUT2D eigenvalue weighted by atomic mass is 9.75. The van der Waals surface area contributed by atoms with Crippen LogP contribution in [0.3, 0.4) is 0 Å². The van der Waals surface area contributed by atoms with E-state index in [1.54, 1.807) is 6.07 Å². The first-order valence-corrected chi connectivity index (χ1v) is 17.3. The first-order valence-electron chi connectivity index (χ1n) is 17.3. The van der Waals surface area contributed by atoms with Crippen molar-refractivity contribution in [3.8, 4) is 5.75 Å². The largest absolute Gasteiger partial charge is 0.573 e. The average Bonchev–Trinajstić information content (AvgIpc) is 3.02. The van der Waals surface area contributed by atoms with Gasteiger partial charge in [-0.2, -0.15) is 8.78 Å². The number of halogens is 7. The van der Waals surface area contributed by atoms with Crippen LogP contribution in [0.4, 0.5) is 30.7 Å². The third kappa shape index (κ3) is 9.19. The molecule has 0 aromatic heterocycles. The molecule has 2 nitrogen and oxygen atoms in total. The molecule has 0 atom stereocenters. The zero-order valence-corrected chi connectivity index (χ0v) is 26.7. The summed E-state index contributed by atoms with van der Waals surface area (Å²) in [6.07, 6.45) is 3.87. The molecular weight excluding hydrogens is 609 g/mol. The quantitative estimate of drug-likeness (QED) is 0.177. The number of alkyl halides is 5. The molecule has 3 saturated carbocycles. The van der Waals surface area contributed by atoms with E-state index in [1.807, 2.05) is 6.07 Å². The Balaban J connectivity index is 1.07. The molecule has 2 aromatic rings. The van der Waals surface area contributed by atoms with Crippen LogP contribution in [-0.2, 0) is 4.74 Å². The molecule has 3 fully saturated rings. The van der Waals surface area contributed by atoms with E-state index in [0.717, 1.165) is 36.5 Å². The van der Waals surface area contributed by atoms with Crippen LogP contribution in [0.15, 0.2) is 36.4 Å². The van der Waals surface area contributed by atoms with Gasteiger partial charge in [0.25, 0.3) is 0 Å². The van der Waals surface area contributed by atoms with Crippen molar-refractivity contribution in [1.82, 2.24) is 0 Å². The van der Waals surface area contributed by atoms with Crippen molar-refractivity contribution in [3.05, 3.63) is 64.7 Å². The molecule has 0 saturated heterocycles. The molecule has 0 radical (unpaired) electrons. The van der Waals surface area contributed by atoms with Gasteiger partial charge in [0.1, 0.15) is 5.82 Å². The Morgan fingerprint density at radius 2 is 1.22 bits per heavy atom. The molecule has 3 aliphatic carbocycles. The standard InChI is InChI=1S/C37H47F7O2/c1-2-3-4-5-24-6-8-25(9-7-24)28-14-20-32(33(38)22-28)27-10-16-30(17-11-27)36(40,41)45-31-18-12-26(13-19-31)29-15-21-35(34(39)23-29)46-37(42,43)44/h14-15,20-27,30-31H,2-13,16-19H2,1H3. The van der Waals surface area contributed by atoms with Crippen LogP contribution < -0.4 is 4.74 Å². The average molecular weight is 657 g/mol. The van der Waals surface area contributed by atoms with E-state index in [2.05, 4.69) is 17.7 Å². The molecule has 0 bridgehead atoms.